The minimum Gasteiger partial charge on any atom is -0.311 e. The third-order valence-electron chi connectivity index (χ3n) is 3.50. The van der Waals surface area contributed by atoms with Crippen molar-refractivity contribution in [3.8, 4) is 0 Å². The smallest absolute Gasteiger partial charge is 0.141 e. The van der Waals surface area contributed by atoms with Crippen molar-refractivity contribution < 1.29 is 4.39 Å². The average Bonchev–Trinajstić information content (AvgIpc) is 2.28. The Labute approximate surface area is 107 Å². The van der Waals surface area contributed by atoms with Crippen LogP contribution in [0.4, 0.5) is 4.39 Å². The molecule has 1 aromatic carbocycles. The molecule has 1 N–H and O–H groups in total. The maximum atomic E-state index is 13.1. The zero-order valence-corrected chi connectivity index (χ0v) is 11.0. The Kier molecular flexibility index (Phi) is 4.02. The van der Waals surface area contributed by atoms with Crippen molar-refractivity contribution in [2.75, 3.05) is 20.1 Å². The third kappa shape index (κ3) is 2.97. The van der Waals surface area contributed by atoms with Gasteiger partial charge in [0.1, 0.15) is 5.82 Å². The molecule has 0 aliphatic carbocycles. The summed E-state index contributed by atoms with van der Waals surface area (Å²) in [6, 6.07) is 5.86. The van der Waals surface area contributed by atoms with Gasteiger partial charge in [0.25, 0.3) is 0 Å². The Morgan fingerprint density at radius 2 is 2.29 bits per heavy atom. The number of rotatable bonds is 2. The maximum Gasteiger partial charge on any atom is 0.141 e. The second-order valence-corrected chi connectivity index (χ2v) is 5.15. The molecule has 1 saturated heterocycles. The number of hydrogen-bond acceptors (Lipinski definition) is 2. The van der Waals surface area contributed by atoms with Crippen LogP contribution in [-0.2, 0) is 6.42 Å². The van der Waals surface area contributed by atoms with E-state index in [4.69, 9.17) is 11.6 Å². The highest BCUT2D eigenvalue weighted by molar-refractivity contribution is 6.30. The van der Waals surface area contributed by atoms with Gasteiger partial charge in [-0.25, -0.2) is 4.39 Å². The molecule has 2 atom stereocenters. The lowest BCUT2D eigenvalue weighted by molar-refractivity contribution is 0.157. The molecule has 1 aromatic rings. The molecule has 0 amide bonds. The van der Waals surface area contributed by atoms with Crippen LogP contribution >= 0.6 is 11.6 Å². The van der Waals surface area contributed by atoms with Gasteiger partial charge < -0.3 is 10.2 Å². The lowest BCUT2D eigenvalue weighted by atomic mass is 9.97. The molecule has 0 bridgehead atoms. The van der Waals surface area contributed by atoms with E-state index < -0.39 is 0 Å². The number of nitrogens with zero attached hydrogens (tertiary/aromatic N) is 1. The predicted molar refractivity (Wildman–Crippen MR) is 69.0 cm³/mol. The Bertz CT molecular complexity index is 387. The van der Waals surface area contributed by atoms with Gasteiger partial charge in [-0.3, -0.25) is 0 Å². The van der Waals surface area contributed by atoms with Crippen molar-refractivity contribution in [1.29, 1.82) is 0 Å². The number of nitrogens with one attached hydrogen (secondary N) is 1. The summed E-state index contributed by atoms with van der Waals surface area (Å²) in [6.45, 7) is 4.26. The number of hydrogen-bond donors (Lipinski definition) is 1. The highest BCUT2D eigenvalue weighted by Crippen LogP contribution is 2.19. The summed E-state index contributed by atoms with van der Waals surface area (Å²) in [7, 11) is 2.13. The molecule has 0 radical (unpaired) electrons. The fourth-order valence-electron chi connectivity index (χ4n) is 2.39. The van der Waals surface area contributed by atoms with Crippen LogP contribution in [0.1, 0.15) is 12.5 Å². The van der Waals surface area contributed by atoms with E-state index in [0.29, 0.717) is 12.1 Å². The number of likely N-dealkylation sites (N-methyl/N-ethyl adjacent to an activating group) is 1. The molecule has 0 aromatic heterocycles. The van der Waals surface area contributed by atoms with E-state index in [-0.39, 0.29) is 10.8 Å². The molecule has 1 fully saturated rings. The molecule has 2 nitrogen and oxygen atoms in total. The summed E-state index contributed by atoms with van der Waals surface area (Å²) in [6.07, 6.45) is 0.894. The number of piperazine rings is 1. The largest absolute Gasteiger partial charge is 0.311 e. The van der Waals surface area contributed by atoms with Crippen LogP contribution in [-0.4, -0.2) is 37.1 Å². The lowest BCUT2D eigenvalue weighted by Crippen LogP contribution is -2.55. The van der Waals surface area contributed by atoms with Crippen LogP contribution in [0.5, 0.6) is 0 Å². The van der Waals surface area contributed by atoms with Gasteiger partial charge in [-0.1, -0.05) is 17.7 Å². The van der Waals surface area contributed by atoms with Gasteiger partial charge in [0.05, 0.1) is 5.02 Å². The Morgan fingerprint density at radius 1 is 1.53 bits per heavy atom. The summed E-state index contributed by atoms with van der Waals surface area (Å²) >= 11 is 5.80. The Morgan fingerprint density at radius 3 is 2.94 bits per heavy atom. The van der Waals surface area contributed by atoms with Crippen LogP contribution in [0.3, 0.4) is 0 Å². The summed E-state index contributed by atoms with van der Waals surface area (Å²) < 4.78 is 13.1. The van der Waals surface area contributed by atoms with E-state index in [1.54, 1.807) is 6.07 Å². The van der Waals surface area contributed by atoms with E-state index >= 15 is 0 Å². The molecule has 2 rings (SSSR count). The van der Waals surface area contributed by atoms with Crippen molar-refractivity contribution in [3.05, 3.63) is 34.6 Å². The van der Waals surface area contributed by atoms with Crippen molar-refractivity contribution >= 4 is 11.6 Å². The zero-order chi connectivity index (χ0) is 12.4. The van der Waals surface area contributed by atoms with Crippen molar-refractivity contribution in [1.82, 2.24) is 10.2 Å². The minimum atomic E-state index is -0.349. The first-order valence-electron chi connectivity index (χ1n) is 5.95. The van der Waals surface area contributed by atoms with Gasteiger partial charge in [-0.05, 0) is 38.1 Å². The van der Waals surface area contributed by atoms with Gasteiger partial charge >= 0.3 is 0 Å². The monoisotopic (exact) mass is 256 g/mol. The van der Waals surface area contributed by atoms with Crippen LogP contribution in [0.25, 0.3) is 0 Å². The van der Waals surface area contributed by atoms with Crippen LogP contribution < -0.4 is 5.32 Å². The second-order valence-electron chi connectivity index (χ2n) is 4.74. The predicted octanol–water partition coefficient (Wildman–Crippen LogP) is 2.31. The average molecular weight is 257 g/mol. The number of benzene rings is 1. The van der Waals surface area contributed by atoms with Gasteiger partial charge in [0.2, 0.25) is 0 Å². The SMILES string of the molecule is CC1NCCN(C)C1Cc1ccc(F)c(Cl)c1. The molecule has 1 heterocycles. The molecular weight excluding hydrogens is 239 g/mol. The fraction of sp³-hybridized carbons (Fsp3) is 0.538. The normalized spacial score (nSPS) is 26.1. The van der Waals surface area contributed by atoms with Crippen LogP contribution in [0.2, 0.25) is 5.02 Å². The first-order valence-corrected chi connectivity index (χ1v) is 6.33. The summed E-state index contributed by atoms with van der Waals surface area (Å²) in [4.78, 5) is 2.35. The van der Waals surface area contributed by atoms with E-state index in [2.05, 4.69) is 24.2 Å². The Balaban J connectivity index is 2.10. The van der Waals surface area contributed by atoms with E-state index in [9.17, 15) is 4.39 Å². The first-order chi connectivity index (χ1) is 8.08. The van der Waals surface area contributed by atoms with Crippen molar-refractivity contribution in [2.45, 2.75) is 25.4 Å². The van der Waals surface area contributed by atoms with Gasteiger partial charge in [0, 0.05) is 25.2 Å². The second kappa shape index (κ2) is 5.34. The molecule has 0 saturated carbocycles. The highest BCUT2D eigenvalue weighted by Gasteiger charge is 2.25. The molecule has 0 spiro atoms. The molecule has 94 valence electrons. The van der Waals surface area contributed by atoms with Crippen LogP contribution in [0.15, 0.2) is 18.2 Å². The molecule has 1 aliphatic rings. The molecule has 2 unspecified atom stereocenters. The summed E-state index contributed by atoms with van der Waals surface area (Å²) in [5.41, 5.74) is 1.09. The van der Waals surface area contributed by atoms with E-state index in [1.807, 2.05) is 6.07 Å². The molecule has 1 aliphatic heterocycles. The molecule has 17 heavy (non-hydrogen) atoms. The first kappa shape index (κ1) is 12.8. The minimum absolute atomic E-state index is 0.210. The zero-order valence-electron chi connectivity index (χ0n) is 10.2. The molecule has 4 heteroatoms. The van der Waals surface area contributed by atoms with Crippen molar-refractivity contribution in [2.24, 2.45) is 0 Å². The fourth-order valence-corrected chi connectivity index (χ4v) is 2.60. The maximum absolute atomic E-state index is 13.1. The van der Waals surface area contributed by atoms with E-state index in [1.165, 1.54) is 6.07 Å². The highest BCUT2D eigenvalue weighted by atomic mass is 35.5. The topological polar surface area (TPSA) is 15.3 Å². The third-order valence-corrected chi connectivity index (χ3v) is 3.79. The molecular formula is C13H18ClFN2. The van der Waals surface area contributed by atoms with Crippen LogP contribution in [0, 0.1) is 5.82 Å². The standard InChI is InChI=1S/C13H18ClFN2/c1-9-13(17(2)6-5-16-9)8-10-3-4-12(15)11(14)7-10/h3-4,7,9,13,16H,5-6,8H2,1-2H3. The van der Waals surface area contributed by atoms with Gasteiger partial charge in [-0.15, -0.1) is 0 Å². The van der Waals surface area contributed by atoms with Gasteiger partial charge in [-0.2, -0.15) is 0 Å². The van der Waals surface area contributed by atoms with E-state index in [0.717, 1.165) is 25.1 Å². The Hall–Kier alpha value is -0.640. The van der Waals surface area contributed by atoms with Crippen molar-refractivity contribution in [3.63, 3.8) is 0 Å². The lowest BCUT2D eigenvalue weighted by Gasteiger charge is -2.38. The summed E-state index contributed by atoms with van der Waals surface area (Å²) in [5, 5.41) is 3.67. The summed E-state index contributed by atoms with van der Waals surface area (Å²) in [5.74, 6) is -0.349. The van der Waals surface area contributed by atoms with Gasteiger partial charge in [0.15, 0.2) is 0 Å². The number of halogens is 2. The quantitative estimate of drug-likeness (QED) is 0.874.